The number of para-hydroxylation sites is 2. The molecule has 1 atom stereocenters. The fraction of sp³-hybridized carbons (Fsp3) is 0.500. The molecule has 0 saturated carbocycles. The van der Waals surface area contributed by atoms with Crippen LogP contribution in [0.5, 0.6) is 0 Å². The zero-order chi connectivity index (χ0) is 14.9. The van der Waals surface area contributed by atoms with E-state index >= 15 is 0 Å². The molecule has 21 heavy (non-hydrogen) atoms. The summed E-state index contributed by atoms with van der Waals surface area (Å²) in [5, 5.41) is 6.47. The van der Waals surface area contributed by atoms with Crippen molar-refractivity contribution in [1.29, 1.82) is 0 Å². The number of rotatable bonds is 1. The van der Waals surface area contributed by atoms with E-state index < -0.39 is 9.84 Å². The van der Waals surface area contributed by atoms with Crippen LogP contribution in [0.15, 0.2) is 24.3 Å². The van der Waals surface area contributed by atoms with Crippen LogP contribution in [0.25, 0.3) is 0 Å². The molecule has 0 aliphatic carbocycles. The van der Waals surface area contributed by atoms with Gasteiger partial charge < -0.3 is 15.5 Å². The van der Waals surface area contributed by atoms with E-state index in [1.165, 1.54) is 0 Å². The molecule has 2 heterocycles. The topological polar surface area (TPSA) is 78.5 Å². The fourth-order valence-corrected chi connectivity index (χ4v) is 4.01. The van der Waals surface area contributed by atoms with E-state index in [-0.39, 0.29) is 23.5 Å². The molecule has 1 aromatic rings. The summed E-state index contributed by atoms with van der Waals surface area (Å²) in [7, 11) is -2.99. The van der Waals surface area contributed by atoms with Crippen molar-refractivity contribution < 1.29 is 13.2 Å². The van der Waals surface area contributed by atoms with Crippen LogP contribution in [0.1, 0.15) is 6.42 Å². The van der Waals surface area contributed by atoms with Crippen LogP contribution in [-0.4, -0.2) is 56.4 Å². The SMILES string of the molecule is O=C(C1CNc2ccccc2N1)N1CCCS(=O)(=O)CC1. The summed E-state index contributed by atoms with van der Waals surface area (Å²) < 4.78 is 23.2. The van der Waals surface area contributed by atoms with Gasteiger partial charge in [-0.3, -0.25) is 4.79 Å². The van der Waals surface area contributed by atoms with Gasteiger partial charge in [0.1, 0.15) is 6.04 Å². The molecule has 1 aromatic carbocycles. The largest absolute Gasteiger partial charge is 0.381 e. The number of sulfone groups is 1. The Morgan fingerprint density at radius 2 is 1.90 bits per heavy atom. The number of anilines is 2. The van der Waals surface area contributed by atoms with Crippen LogP contribution >= 0.6 is 0 Å². The smallest absolute Gasteiger partial charge is 0.246 e. The zero-order valence-electron chi connectivity index (χ0n) is 11.7. The van der Waals surface area contributed by atoms with Gasteiger partial charge in [0.25, 0.3) is 0 Å². The molecule has 114 valence electrons. The highest BCUT2D eigenvalue weighted by molar-refractivity contribution is 7.91. The van der Waals surface area contributed by atoms with E-state index in [4.69, 9.17) is 0 Å². The molecule has 6 nitrogen and oxygen atoms in total. The Balaban J connectivity index is 1.69. The van der Waals surface area contributed by atoms with E-state index in [0.29, 0.717) is 26.1 Å². The monoisotopic (exact) mass is 309 g/mol. The molecule has 0 aromatic heterocycles. The molecule has 2 N–H and O–H groups in total. The van der Waals surface area contributed by atoms with Crippen molar-refractivity contribution >= 4 is 27.1 Å². The van der Waals surface area contributed by atoms with Crippen molar-refractivity contribution in [1.82, 2.24) is 4.90 Å². The molecule has 1 amide bonds. The fourth-order valence-electron chi connectivity index (χ4n) is 2.74. The number of nitrogens with one attached hydrogen (secondary N) is 2. The minimum Gasteiger partial charge on any atom is -0.381 e. The van der Waals surface area contributed by atoms with Gasteiger partial charge in [0.05, 0.1) is 22.9 Å². The maximum Gasteiger partial charge on any atom is 0.246 e. The predicted octanol–water partition coefficient (Wildman–Crippen LogP) is 0.540. The summed E-state index contributed by atoms with van der Waals surface area (Å²) in [5.74, 6) is 0.208. The Labute approximate surface area is 124 Å². The molecule has 2 aliphatic heterocycles. The minimum atomic E-state index is -2.99. The second-order valence-electron chi connectivity index (χ2n) is 5.45. The average Bonchev–Trinajstić information content (AvgIpc) is 2.67. The van der Waals surface area contributed by atoms with Crippen molar-refractivity contribution in [2.45, 2.75) is 12.5 Å². The Hall–Kier alpha value is -1.76. The average molecular weight is 309 g/mol. The van der Waals surface area contributed by atoms with E-state index in [0.717, 1.165) is 11.4 Å². The van der Waals surface area contributed by atoms with Crippen molar-refractivity contribution in [2.24, 2.45) is 0 Å². The lowest BCUT2D eigenvalue weighted by molar-refractivity contribution is -0.131. The van der Waals surface area contributed by atoms with E-state index in [9.17, 15) is 13.2 Å². The molecule has 2 aliphatic rings. The minimum absolute atomic E-state index is 0.0332. The summed E-state index contributed by atoms with van der Waals surface area (Å²) >= 11 is 0. The number of fused-ring (bicyclic) bond motifs is 1. The maximum absolute atomic E-state index is 12.6. The van der Waals surface area contributed by atoms with Crippen molar-refractivity contribution in [2.75, 3.05) is 41.8 Å². The van der Waals surface area contributed by atoms with Crippen LogP contribution in [0, 0.1) is 0 Å². The van der Waals surface area contributed by atoms with E-state index in [2.05, 4.69) is 10.6 Å². The lowest BCUT2D eigenvalue weighted by Gasteiger charge is -2.31. The Morgan fingerprint density at radius 3 is 2.71 bits per heavy atom. The first-order chi connectivity index (χ1) is 10.1. The molecule has 7 heteroatoms. The van der Waals surface area contributed by atoms with Gasteiger partial charge in [-0.05, 0) is 18.6 Å². The predicted molar refractivity (Wildman–Crippen MR) is 82.2 cm³/mol. The summed E-state index contributed by atoms with van der Waals surface area (Å²) in [6, 6.07) is 7.39. The molecule has 1 fully saturated rings. The molecular weight excluding hydrogens is 290 g/mol. The lowest BCUT2D eigenvalue weighted by atomic mass is 10.1. The van der Waals surface area contributed by atoms with Gasteiger partial charge in [0.15, 0.2) is 9.84 Å². The third-order valence-electron chi connectivity index (χ3n) is 3.92. The van der Waals surface area contributed by atoms with Crippen molar-refractivity contribution in [3.8, 4) is 0 Å². The summed E-state index contributed by atoms with van der Waals surface area (Å²) in [6.45, 7) is 1.32. The van der Waals surface area contributed by atoms with Crippen LogP contribution < -0.4 is 10.6 Å². The molecule has 0 radical (unpaired) electrons. The summed E-state index contributed by atoms with van der Waals surface area (Å²) in [4.78, 5) is 14.2. The summed E-state index contributed by atoms with van der Waals surface area (Å²) in [5.41, 5.74) is 1.89. The third kappa shape index (κ3) is 3.12. The standard InChI is InChI=1S/C14H19N3O3S/c18-14(17-6-3-8-21(19,20)9-7-17)13-10-15-11-4-1-2-5-12(11)16-13/h1-2,4-5,13,15-16H,3,6-10H2. The third-order valence-corrected chi connectivity index (χ3v) is 5.63. The molecule has 1 unspecified atom stereocenters. The van der Waals surface area contributed by atoms with Gasteiger partial charge in [0.2, 0.25) is 5.91 Å². The summed E-state index contributed by atoms with van der Waals surface area (Å²) in [6.07, 6.45) is 0.519. The van der Waals surface area contributed by atoms with Gasteiger partial charge in [-0.1, -0.05) is 12.1 Å². The molecule has 3 rings (SSSR count). The van der Waals surface area contributed by atoms with Gasteiger partial charge in [-0.2, -0.15) is 0 Å². The number of amides is 1. The highest BCUT2D eigenvalue weighted by Crippen LogP contribution is 2.25. The van der Waals surface area contributed by atoms with Gasteiger partial charge in [-0.15, -0.1) is 0 Å². The molecule has 1 saturated heterocycles. The van der Waals surface area contributed by atoms with E-state index in [1.54, 1.807) is 4.90 Å². The molecule has 0 bridgehead atoms. The number of carbonyl (C=O) groups is 1. The first kappa shape index (κ1) is 14.2. The first-order valence-corrected chi connectivity index (χ1v) is 8.96. The molecule has 0 spiro atoms. The number of hydrogen-bond acceptors (Lipinski definition) is 5. The highest BCUT2D eigenvalue weighted by Gasteiger charge is 2.30. The number of benzene rings is 1. The second-order valence-corrected chi connectivity index (χ2v) is 7.76. The van der Waals surface area contributed by atoms with Crippen LogP contribution in [0.4, 0.5) is 11.4 Å². The maximum atomic E-state index is 12.6. The van der Waals surface area contributed by atoms with Crippen molar-refractivity contribution in [3.63, 3.8) is 0 Å². The number of hydrogen-bond donors (Lipinski definition) is 2. The Morgan fingerprint density at radius 1 is 1.14 bits per heavy atom. The number of nitrogens with zero attached hydrogens (tertiary/aromatic N) is 1. The van der Waals surface area contributed by atoms with Crippen LogP contribution in [0.2, 0.25) is 0 Å². The van der Waals surface area contributed by atoms with Gasteiger partial charge in [0, 0.05) is 19.6 Å². The first-order valence-electron chi connectivity index (χ1n) is 7.14. The quantitative estimate of drug-likeness (QED) is 0.791. The highest BCUT2D eigenvalue weighted by atomic mass is 32.2. The molecular formula is C14H19N3O3S. The zero-order valence-corrected chi connectivity index (χ0v) is 12.5. The van der Waals surface area contributed by atoms with Crippen molar-refractivity contribution in [3.05, 3.63) is 24.3 Å². The number of carbonyl (C=O) groups excluding carboxylic acids is 1. The Kier molecular flexibility index (Phi) is 3.75. The normalized spacial score (nSPS) is 24.2. The van der Waals surface area contributed by atoms with Crippen LogP contribution in [-0.2, 0) is 14.6 Å². The van der Waals surface area contributed by atoms with Crippen LogP contribution in [0.3, 0.4) is 0 Å². The lowest BCUT2D eigenvalue weighted by Crippen LogP contribution is -2.48. The van der Waals surface area contributed by atoms with E-state index in [1.807, 2.05) is 24.3 Å². The second kappa shape index (κ2) is 5.55. The van der Waals surface area contributed by atoms with Gasteiger partial charge in [-0.25, -0.2) is 8.42 Å². The Bertz CT molecular complexity index is 645. The van der Waals surface area contributed by atoms with Gasteiger partial charge >= 0.3 is 0 Å².